The fraction of sp³-hybridized carbons (Fsp3) is 0.167. The van der Waals surface area contributed by atoms with Gasteiger partial charge in [-0.1, -0.05) is 36.4 Å². The largest absolute Gasteiger partial charge is 0.339 e. The summed E-state index contributed by atoms with van der Waals surface area (Å²) in [7, 11) is 0. The number of nitrogens with zero attached hydrogens (tertiary/aromatic N) is 2. The van der Waals surface area contributed by atoms with Gasteiger partial charge in [0, 0.05) is 36.9 Å². The molecule has 1 N–H and O–H groups in total. The Balaban J connectivity index is 1.92. The Bertz CT molecular complexity index is 777. The highest BCUT2D eigenvalue weighted by molar-refractivity contribution is 5.93. The smallest absolute Gasteiger partial charge is 0.0722 e. The zero-order chi connectivity index (χ0) is 14.1. The normalized spacial score (nSPS) is 14.8. The maximum atomic E-state index is 4.47. The van der Waals surface area contributed by atoms with Crippen LogP contribution in [0.1, 0.15) is 5.56 Å². The molecular formula is C18H17N3. The molecule has 104 valence electrons. The van der Waals surface area contributed by atoms with Crippen molar-refractivity contribution in [2.24, 2.45) is 0 Å². The van der Waals surface area contributed by atoms with Crippen molar-refractivity contribution >= 4 is 22.3 Å². The monoisotopic (exact) mass is 275 g/mol. The zero-order valence-corrected chi connectivity index (χ0v) is 11.8. The van der Waals surface area contributed by atoms with Crippen molar-refractivity contribution in [2.45, 2.75) is 6.54 Å². The number of rotatable bonds is 1. The van der Waals surface area contributed by atoms with Crippen molar-refractivity contribution in [3.8, 4) is 0 Å². The molecule has 4 rings (SSSR count). The van der Waals surface area contributed by atoms with E-state index in [0.29, 0.717) is 0 Å². The Labute approximate surface area is 124 Å². The summed E-state index contributed by atoms with van der Waals surface area (Å²) < 4.78 is 0. The van der Waals surface area contributed by atoms with Crippen molar-refractivity contribution in [3.63, 3.8) is 0 Å². The van der Waals surface area contributed by atoms with Crippen LogP contribution in [0.4, 0.5) is 11.4 Å². The molecule has 0 amide bonds. The van der Waals surface area contributed by atoms with E-state index in [4.69, 9.17) is 0 Å². The number of benzene rings is 2. The summed E-state index contributed by atoms with van der Waals surface area (Å²) in [6.07, 6.45) is 1.90. The van der Waals surface area contributed by atoms with Crippen LogP contribution in [0.2, 0.25) is 0 Å². The van der Waals surface area contributed by atoms with Gasteiger partial charge in [-0.3, -0.25) is 4.98 Å². The van der Waals surface area contributed by atoms with Gasteiger partial charge in [0.25, 0.3) is 0 Å². The Morgan fingerprint density at radius 1 is 0.905 bits per heavy atom. The van der Waals surface area contributed by atoms with E-state index in [1.807, 2.05) is 12.3 Å². The van der Waals surface area contributed by atoms with E-state index in [0.717, 1.165) is 25.2 Å². The van der Waals surface area contributed by atoms with Gasteiger partial charge in [0.1, 0.15) is 0 Å². The molecule has 0 atom stereocenters. The third-order valence-corrected chi connectivity index (χ3v) is 4.03. The minimum atomic E-state index is 0.926. The molecule has 3 nitrogen and oxygen atoms in total. The highest BCUT2D eigenvalue weighted by Crippen LogP contribution is 2.33. The number of fused-ring (bicyclic) bond motifs is 2. The summed E-state index contributed by atoms with van der Waals surface area (Å²) in [5.74, 6) is 0. The van der Waals surface area contributed by atoms with Crippen LogP contribution in [0, 0.1) is 0 Å². The van der Waals surface area contributed by atoms with E-state index in [2.05, 4.69) is 63.7 Å². The SMILES string of the molecule is c1ccc2c(c1)CNCCN2c1ccnc2ccccc12. The van der Waals surface area contributed by atoms with Crippen molar-refractivity contribution in [3.05, 3.63) is 66.4 Å². The van der Waals surface area contributed by atoms with Gasteiger partial charge >= 0.3 is 0 Å². The van der Waals surface area contributed by atoms with Gasteiger partial charge in [-0.05, 0) is 23.8 Å². The van der Waals surface area contributed by atoms with E-state index in [1.165, 1.54) is 22.3 Å². The molecule has 0 saturated carbocycles. The Hall–Kier alpha value is -2.39. The molecule has 3 heteroatoms. The van der Waals surface area contributed by atoms with Crippen LogP contribution in [-0.4, -0.2) is 18.1 Å². The lowest BCUT2D eigenvalue weighted by molar-refractivity contribution is 0.713. The van der Waals surface area contributed by atoms with Crippen LogP contribution < -0.4 is 10.2 Å². The number of pyridine rings is 1. The van der Waals surface area contributed by atoms with Gasteiger partial charge in [-0.25, -0.2) is 0 Å². The van der Waals surface area contributed by atoms with Crippen molar-refractivity contribution in [2.75, 3.05) is 18.0 Å². The lowest BCUT2D eigenvalue weighted by Crippen LogP contribution is -2.24. The first-order valence-corrected chi connectivity index (χ1v) is 7.33. The molecule has 2 heterocycles. The van der Waals surface area contributed by atoms with E-state index in [9.17, 15) is 0 Å². The second kappa shape index (κ2) is 5.19. The van der Waals surface area contributed by atoms with Crippen LogP contribution in [0.15, 0.2) is 60.8 Å². The fourth-order valence-electron chi connectivity index (χ4n) is 3.02. The first-order chi connectivity index (χ1) is 10.4. The summed E-state index contributed by atoms with van der Waals surface area (Å²) in [4.78, 5) is 6.88. The van der Waals surface area contributed by atoms with Gasteiger partial charge in [0.2, 0.25) is 0 Å². The predicted molar refractivity (Wildman–Crippen MR) is 86.9 cm³/mol. The second-order valence-electron chi connectivity index (χ2n) is 5.30. The zero-order valence-electron chi connectivity index (χ0n) is 11.8. The highest BCUT2D eigenvalue weighted by atomic mass is 15.2. The van der Waals surface area contributed by atoms with Crippen LogP contribution in [0.25, 0.3) is 10.9 Å². The van der Waals surface area contributed by atoms with Gasteiger partial charge < -0.3 is 10.2 Å². The van der Waals surface area contributed by atoms with Gasteiger partial charge in [0.05, 0.1) is 11.2 Å². The summed E-state index contributed by atoms with van der Waals surface area (Å²) in [6.45, 7) is 2.87. The van der Waals surface area contributed by atoms with E-state index >= 15 is 0 Å². The molecule has 1 aromatic heterocycles. The summed E-state index contributed by atoms with van der Waals surface area (Å²) in [5.41, 5.74) is 4.91. The quantitative estimate of drug-likeness (QED) is 0.737. The third kappa shape index (κ3) is 2.16. The molecule has 0 fully saturated rings. The summed E-state index contributed by atoms with van der Waals surface area (Å²) in [5, 5.41) is 4.70. The minimum absolute atomic E-state index is 0.926. The molecule has 2 aromatic carbocycles. The Morgan fingerprint density at radius 3 is 2.76 bits per heavy atom. The number of aromatic nitrogens is 1. The maximum absolute atomic E-state index is 4.47. The standard InChI is InChI=1S/C18H17N3/c1-4-8-17-14(5-1)13-19-11-12-21(17)18-9-10-20-16-7-3-2-6-15(16)18/h1-10,19H,11-13H2. The van der Waals surface area contributed by atoms with Crippen molar-refractivity contribution < 1.29 is 0 Å². The number of hydrogen-bond acceptors (Lipinski definition) is 3. The van der Waals surface area contributed by atoms with Gasteiger partial charge in [-0.2, -0.15) is 0 Å². The fourth-order valence-corrected chi connectivity index (χ4v) is 3.02. The number of hydrogen-bond donors (Lipinski definition) is 1. The van der Waals surface area contributed by atoms with Crippen molar-refractivity contribution in [1.82, 2.24) is 10.3 Å². The highest BCUT2D eigenvalue weighted by Gasteiger charge is 2.17. The van der Waals surface area contributed by atoms with Gasteiger partial charge in [0.15, 0.2) is 0 Å². The first kappa shape index (κ1) is 12.4. The molecule has 0 unspecified atom stereocenters. The second-order valence-corrected chi connectivity index (χ2v) is 5.30. The molecule has 3 aromatic rings. The Morgan fingerprint density at radius 2 is 1.76 bits per heavy atom. The van der Waals surface area contributed by atoms with Crippen LogP contribution >= 0.6 is 0 Å². The summed E-state index contributed by atoms with van der Waals surface area (Å²) >= 11 is 0. The number of anilines is 2. The predicted octanol–water partition coefficient (Wildman–Crippen LogP) is 3.48. The third-order valence-electron chi connectivity index (χ3n) is 4.03. The lowest BCUT2D eigenvalue weighted by Gasteiger charge is -2.25. The van der Waals surface area contributed by atoms with Gasteiger partial charge in [-0.15, -0.1) is 0 Å². The Kier molecular flexibility index (Phi) is 3.05. The van der Waals surface area contributed by atoms with Crippen LogP contribution in [0.3, 0.4) is 0 Å². The van der Waals surface area contributed by atoms with Crippen LogP contribution in [0.5, 0.6) is 0 Å². The molecule has 0 aliphatic carbocycles. The number of para-hydroxylation sites is 2. The maximum Gasteiger partial charge on any atom is 0.0722 e. The molecule has 0 saturated heterocycles. The molecule has 0 spiro atoms. The topological polar surface area (TPSA) is 28.2 Å². The van der Waals surface area contributed by atoms with E-state index < -0.39 is 0 Å². The molecule has 0 radical (unpaired) electrons. The molecule has 1 aliphatic heterocycles. The average Bonchev–Trinajstić information content (AvgIpc) is 2.77. The molecule has 21 heavy (non-hydrogen) atoms. The minimum Gasteiger partial charge on any atom is -0.339 e. The molecule has 1 aliphatic rings. The summed E-state index contributed by atoms with van der Waals surface area (Å²) in [6, 6.07) is 19.1. The van der Waals surface area contributed by atoms with E-state index in [-0.39, 0.29) is 0 Å². The van der Waals surface area contributed by atoms with Crippen LogP contribution in [-0.2, 0) is 6.54 Å². The van der Waals surface area contributed by atoms with E-state index in [1.54, 1.807) is 0 Å². The van der Waals surface area contributed by atoms with Crippen molar-refractivity contribution in [1.29, 1.82) is 0 Å². The molecular weight excluding hydrogens is 258 g/mol. The average molecular weight is 275 g/mol. The lowest BCUT2D eigenvalue weighted by atomic mass is 10.1. The number of nitrogens with one attached hydrogen (secondary N) is 1. The first-order valence-electron chi connectivity index (χ1n) is 7.33. The molecule has 0 bridgehead atoms.